The van der Waals surface area contributed by atoms with Gasteiger partial charge in [0.1, 0.15) is 0 Å². The van der Waals surface area contributed by atoms with Crippen LogP contribution < -0.4 is 0 Å². The smallest absolute Gasteiger partial charge is 0.275 e. The lowest BCUT2D eigenvalue weighted by molar-refractivity contribution is -0.0102. The molecule has 8 heteroatoms. The Morgan fingerprint density at radius 3 is 3.12 bits per heavy atom. The first-order valence-corrected chi connectivity index (χ1v) is 9.12. The van der Waals surface area contributed by atoms with Gasteiger partial charge in [-0.2, -0.15) is 10.2 Å². The molecular formula is C18H25N5O3. The largest absolute Gasteiger partial charge is 0.383 e. The zero-order chi connectivity index (χ0) is 18.3. The van der Waals surface area contributed by atoms with Crippen molar-refractivity contribution in [2.24, 2.45) is 0 Å². The molecule has 8 nitrogen and oxygen atoms in total. The van der Waals surface area contributed by atoms with E-state index in [4.69, 9.17) is 9.47 Å². The fraction of sp³-hybridized carbons (Fsp3) is 0.611. The number of ether oxygens (including phenoxy) is 2. The summed E-state index contributed by atoms with van der Waals surface area (Å²) < 4.78 is 13.1. The lowest BCUT2D eigenvalue weighted by Gasteiger charge is -2.28. The number of aromatic nitrogens is 4. The number of nitrogens with one attached hydrogen (secondary N) is 1. The maximum Gasteiger partial charge on any atom is 0.275 e. The highest BCUT2D eigenvalue weighted by molar-refractivity contribution is 5.94. The van der Waals surface area contributed by atoms with Gasteiger partial charge in [0.2, 0.25) is 0 Å². The van der Waals surface area contributed by atoms with E-state index in [1.54, 1.807) is 7.11 Å². The Balaban J connectivity index is 1.66. The molecule has 140 valence electrons. The van der Waals surface area contributed by atoms with Crippen molar-refractivity contribution >= 4 is 5.91 Å². The maximum absolute atomic E-state index is 13.2. The standard InChI is InChI=1S/C18H25N5O3/c1-11-8-14-16(21-23(6-7-25-3)17(14)12(2)26-11)18(24)22-5-4-13-9-19-20-15(13)10-22/h9,11-12H,4-8,10H2,1-3H3,(H,19,20)/t11-,12+/m1/s1. The van der Waals surface area contributed by atoms with E-state index in [2.05, 4.69) is 15.3 Å². The lowest BCUT2D eigenvalue weighted by atomic mass is 9.98. The molecule has 2 aromatic rings. The molecule has 0 fully saturated rings. The van der Waals surface area contributed by atoms with Crippen molar-refractivity contribution in [1.82, 2.24) is 24.9 Å². The summed E-state index contributed by atoms with van der Waals surface area (Å²) in [6.45, 7) is 6.45. The van der Waals surface area contributed by atoms with Gasteiger partial charge < -0.3 is 14.4 Å². The molecule has 2 aliphatic heterocycles. The molecule has 4 rings (SSSR count). The van der Waals surface area contributed by atoms with E-state index >= 15 is 0 Å². The Morgan fingerprint density at radius 1 is 1.46 bits per heavy atom. The number of hydrogen-bond acceptors (Lipinski definition) is 5. The molecule has 2 aliphatic rings. The van der Waals surface area contributed by atoms with Gasteiger partial charge in [-0.05, 0) is 25.8 Å². The molecule has 0 aliphatic carbocycles. The van der Waals surface area contributed by atoms with Crippen molar-refractivity contribution in [3.8, 4) is 0 Å². The van der Waals surface area contributed by atoms with Gasteiger partial charge in [-0.15, -0.1) is 0 Å². The quantitative estimate of drug-likeness (QED) is 0.894. The molecule has 0 spiro atoms. The van der Waals surface area contributed by atoms with Crippen LogP contribution in [0.3, 0.4) is 0 Å². The highest BCUT2D eigenvalue weighted by atomic mass is 16.5. The molecule has 0 unspecified atom stereocenters. The van der Waals surface area contributed by atoms with Crippen LogP contribution in [-0.2, 0) is 35.4 Å². The first-order valence-electron chi connectivity index (χ1n) is 9.12. The van der Waals surface area contributed by atoms with Gasteiger partial charge in [-0.3, -0.25) is 14.6 Å². The molecule has 0 bridgehead atoms. The number of amides is 1. The molecule has 2 atom stereocenters. The van der Waals surface area contributed by atoms with Crippen LogP contribution in [0.5, 0.6) is 0 Å². The zero-order valence-electron chi connectivity index (χ0n) is 15.5. The SMILES string of the molecule is COCCn1nc(C(=O)N2CCc3cn[nH]c3C2)c2c1[C@H](C)O[C@H](C)C2. The summed E-state index contributed by atoms with van der Waals surface area (Å²) in [5.41, 5.74) is 4.79. The van der Waals surface area contributed by atoms with Crippen molar-refractivity contribution in [3.63, 3.8) is 0 Å². The van der Waals surface area contributed by atoms with E-state index in [0.717, 1.165) is 23.4 Å². The number of carbonyl (C=O) groups is 1. The summed E-state index contributed by atoms with van der Waals surface area (Å²) >= 11 is 0. The molecule has 0 saturated heterocycles. The highest BCUT2D eigenvalue weighted by Crippen LogP contribution is 2.33. The van der Waals surface area contributed by atoms with Gasteiger partial charge in [-0.1, -0.05) is 0 Å². The first kappa shape index (κ1) is 17.2. The average molecular weight is 359 g/mol. The molecular weight excluding hydrogens is 334 g/mol. The minimum absolute atomic E-state index is 0.0148. The molecule has 4 heterocycles. The summed E-state index contributed by atoms with van der Waals surface area (Å²) in [5, 5.41) is 11.8. The van der Waals surface area contributed by atoms with Gasteiger partial charge in [-0.25, -0.2) is 0 Å². The van der Waals surface area contributed by atoms with E-state index in [1.807, 2.05) is 29.6 Å². The molecule has 1 amide bonds. The number of hydrogen-bond donors (Lipinski definition) is 1. The van der Waals surface area contributed by atoms with E-state index in [9.17, 15) is 4.79 Å². The van der Waals surface area contributed by atoms with Crippen LogP contribution in [0, 0.1) is 0 Å². The number of H-pyrrole nitrogens is 1. The number of methoxy groups -OCH3 is 1. The average Bonchev–Trinajstić information content (AvgIpc) is 3.23. The Hall–Kier alpha value is -2.19. The maximum atomic E-state index is 13.2. The van der Waals surface area contributed by atoms with Gasteiger partial charge in [0, 0.05) is 25.6 Å². The van der Waals surface area contributed by atoms with E-state index < -0.39 is 0 Å². The molecule has 0 aromatic carbocycles. The summed E-state index contributed by atoms with van der Waals surface area (Å²) in [6.07, 6.45) is 3.36. The zero-order valence-corrected chi connectivity index (χ0v) is 15.5. The number of nitrogens with zero attached hydrogens (tertiary/aromatic N) is 4. The van der Waals surface area contributed by atoms with Crippen molar-refractivity contribution < 1.29 is 14.3 Å². The summed E-state index contributed by atoms with van der Waals surface area (Å²) in [4.78, 5) is 15.1. The van der Waals surface area contributed by atoms with Gasteiger partial charge in [0.15, 0.2) is 5.69 Å². The molecule has 2 aromatic heterocycles. The fourth-order valence-corrected chi connectivity index (χ4v) is 3.98. The highest BCUT2D eigenvalue weighted by Gasteiger charge is 2.34. The number of fused-ring (bicyclic) bond motifs is 2. The molecule has 0 radical (unpaired) electrons. The monoisotopic (exact) mass is 359 g/mol. The Labute approximate surface area is 152 Å². The second-order valence-electron chi connectivity index (χ2n) is 7.07. The van der Waals surface area contributed by atoms with E-state index in [-0.39, 0.29) is 18.1 Å². The van der Waals surface area contributed by atoms with Crippen molar-refractivity contribution in [2.45, 2.75) is 52.0 Å². The van der Waals surface area contributed by atoms with Crippen LogP contribution in [-0.4, -0.2) is 57.2 Å². The second-order valence-corrected chi connectivity index (χ2v) is 7.07. The predicted molar refractivity (Wildman–Crippen MR) is 93.8 cm³/mol. The third kappa shape index (κ3) is 2.93. The first-order chi connectivity index (χ1) is 12.6. The van der Waals surface area contributed by atoms with Crippen LogP contribution in [0.2, 0.25) is 0 Å². The summed E-state index contributed by atoms with van der Waals surface area (Å²) in [6, 6.07) is 0. The van der Waals surface area contributed by atoms with Crippen LogP contribution >= 0.6 is 0 Å². The van der Waals surface area contributed by atoms with E-state index in [1.165, 1.54) is 5.56 Å². The van der Waals surface area contributed by atoms with Crippen LogP contribution in [0.15, 0.2) is 6.20 Å². The number of aromatic amines is 1. The van der Waals surface area contributed by atoms with E-state index in [0.29, 0.717) is 38.4 Å². The Morgan fingerprint density at radius 2 is 2.31 bits per heavy atom. The minimum atomic E-state index is -0.0831. The fourth-order valence-electron chi connectivity index (χ4n) is 3.98. The van der Waals surface area contributed by atoms with Gasteiger partial charge in [0.05, 0.1) is 49.5 Å². The van der Waals surface area contributed by atoms with Crippen LogP contribution in [0.25, 0.3) is 0 Å². The molecule has 1 N–H and O–H groups in total. The minimum Gasteiger partial charge on any atom is -0.383 e. The predicted octanol–water partition coefficient (Wildman–Crippen LogP) is 1.47. The summed E-state index contributed by atoms with van der Waals surface area (Å²) in [5.74, 6) is -0.0148. The van der Waals surface area contributed by atoms with Crippen LogP contribution in [0.1, 0.15) is 53.0 Å². The van der Waals surface area contributed by atoms with Crippen molar-refractivity contribution in [1.29, 1.82) is 0 Å². The normalized spacial score (nSPS) is 22.2. The molecule has 0 saturated carbocycles. The van der Waals surface area contributed by atoms with Gasteiger partial charge in [0.25, 0.3) is 5.91 Å². The lowest BCUT2D eigenvalue weighted by Crippen LogP contribution is -2.37. The third-order valence-electron chi connectivity index (χ3n) is 5.21. The third-order valence-corrected chi connectivity index (χ3v) is 5.21. The molecule has 26 heavy (non-hydrogen) atoms. The van der Waals surface area contributed by atoms with Gasteiger partial charge >= 0.3 is 0 Å². The topological polar surface area (TPSA) is 85.3 Å². The Bertz CT molecular complexity index is 812. The van der Waals surface area contributed by atoms with Crippen LogP contribution in [0.4, 0.5) is 0 Å². The Kier molecular flexibility index (Phi) is 4.54. The number of rotatable bonds is 4. The summed E-state index contributed by atoms with van der Waals surface area (Å²) in [7, 11) is 1.67. The number of carbonyl (C=O) groups excluding carboxylic acids is 1. The second kappa shape index (κ2) is 6.85. The van der Waals surface area contributed by atoms with Crippen molar-refractivity contribution in [2.75, 3.05) is 20.3 Å². The van der Waals surface area contributed by atoms with Crippen molar-refractivity contribution in [3.05, 3.63) is 34.4 Å².